The quantitative estimate of drug-likeness (QED) is 0.688. The highest BCUT2D eigenvalue weighted by molar-refractivity contribution is 7.71. The number of H-pyrrole nitrogens is 1. The van der Waals surface area contributed by atoms with Crippen molar-refractivity contribution in [2.75, 3.05) is 0 Å². The van der Waals surface area contributed by atoms with Crippen LogP contribution >= 0.6 is 23.8 Å². The highest BCUT2D eigenvalue weighted by Gasteiger charge is 2.11. The second kappa shape index (κ2) is 5.06. The predicted octanol–water partition coefficient (Wildman–Crippen LogP) is 4.08. The number of nitriles is 2. The zero-order chi connectivity index (χ0) is 15.0. The van der Waals surface area contributed by atoms with Gasteiger partial charge in [0.15, 0.2) is 4.77 Å². The van der Waals surface area contributed by atoms with Crippen molar-refractivity contribution >= 4 is 34.9 Å². The normalized spacial score (nSPS) is 10.2. The number of halogens is 1. The van der Waals surface area contributed by atoms with E-state index < -0.39 is 0 Å². The van der Waals surface area contributed by atoms with Gasteiger partial charge in [0, 0.05) is 5.69 Å². The lowest BCUT2D eigenvalue weighted by molar-refractivity contribution is 1.06. The molecule has 6 heteroatoms. The molecule has 3 aromatic rings. The van der Waals surface area contributed by atoms with Crippen LogP contribution in [0.2, 0.25) is 5.02 Å². The van der Waals surface area contributed by atoms with Crippen molar-refractivity contribution < 1.29 is 0 Å². The van der Waals surface area contributed by atoms with Crippen LogP contribution in [0.25, 0.3) is 16.7 Å². The van der Waals surface area contributed by atoms with Gasteiger partial charge in [-0.15, -0.1) is 0 Å². The first-order chi connectivity index (χ1) is 10.2. The first-order valence-corrected chi connectivity index (χ1v) is 6.78. The monoisotopic (exact) mass is 310 g/mol. The van der Waals surface area contributed by atoms with Gasteiger partial charge in [-0.2, -0.15) is 10.5 Å². The maximum atomic E-state index is 9.14. The summed E-state index contributed by atoms with van der Waals surface area (Å²) >= 11 is 11.6. The maximum Gasteiger partial charge on any atom is 0.182 e. The zero-order valence-electron chi connectivity index (χ0n) is 10.6. The van der Waals surface area contributed by atoms with Crippen molar-refractivity contribution in [1.82, 2.24) is 9.55 Å². The Hall–Kier alpha value is -2.60. The Morgan fingerprint density at radius 1 is 1.10 bits per heavy atom. The lowest BCUT2D eigenvalue weighted by Crippen LogP contribution is -1.96. The molecule has 2 aromatic carbocycles. The second-order valence-electron chi connectivity index (χ2n) is 4.36. The number of rotatable bonds is 1. The number of fused-ring (bicyclic) bond motifs is 1. The fourth-order valence-electron chi connectivity index (χ4n) is 2.22. The SMILES string of the molecule is N#Cc1ccc(-n2c(=S)[nH]c3cccc(Cl)c32)cc1C#N. The Morgan fingerprint density at radius 2 is 1.86 bits per heavy atom. The smallest absolute Gasteiger partial charge is 0.182 e. The van der Waals surface area contributed by atoms with E-state index in [0.717, 1.165) is 11.0 Å². The van der Waals surface area contributed by atoms with E-state index in [4.69, 9.17) is 34.3 Å². The Bertz CT molecular complexity index is 1000. The Kier molecular flexibility index (Phi) is 3.23. The molecule has 1 N–H and O–H groups in total. The molecule has 0 aliphatic heterocycles. The number of benzene rings is 2. The largest absolute Gasteiger partial charge is 0.330 e. The summed E-state index contributed by atoms with van der Waals surface area (Å²) in [5.41, 5.74) is 2.89. The molecule has 0 aliphatic carbocycles. The molecular weight excluding hydrogens is 304 g/mol. The molecule has 0 unspecified atom stereocenters. The van der Waals surface area contributed by atoms with Gasteiger partial charge in [0.2, 0.25) is 0 Å². The molecule has 1 aromatic heterocycles. The molecule has 3 rings (SSSR count). The molecule has 0 spiro atoms. The summed E-state index contributed by atoms with van der Waals surface area (Å²) in [4.78, 5) is 3.08. The highest BCUT2D eigenvalue weighted by Crippen LogP contribution is 2.27. The van der Waals surface area contributed by atoms with E-state index in [-0.39, 0.29) is 0 Å². The number of imidazole rings is 1. The van der Waals surface area contributed by atoms with E-state index in [2.05, 4.69) is 4.98 Å². The topological polar surface area (TPSA) is 68.3 Å². The van der Waals surface area contributed by atoms with Gasteiger partial charge in [0.25, 0.3) is 0 Å². The van der Waals surface area contributed by atoms with Crippen molar-refractivity contribution in [3.05, 3.63) is 57.3 Å². The molecule has 100 valence electrons. The summed E-state index contributed by atoms with van der Waals surface area (Å²) in [7, 11) is 0. The van der Waals surface area contributed by atoms with Crippen LogP contribution in [0.4, 0.5) is 0 Å². The van der Waals surface area contributed by atoms with Gasteiger partial charge >= 0.3 is 0 Å². The maximum absolute atomic E-state index is 9.14. The minimum atomic E-state index is 0.304. The van der Waals surface area contributed by atoms with Crippen LogP contribution in [0.1, 0.15) is 11.1 Å². The molecule has 0 saturated heterocycles. The van der Waals surface area contributed by atoms with Crippen LogP contribution in [0.3, 0.4) is 0 Å². The molecule has 0 aliphatic rings. The van der Waals surface area contributed by atoms with Crippen molar-refractivity contribution in [3.8, 4) is 17.8 Å². The molecule has 1 heterocycles. The van der Waals surface area contributed by atoms with Crippen LogP contribution in [0, 0.1) is 27.4 Å². The molecule has 0 amide bonds. The average Bonchev–Trinajstić information content (AvgIpc) is 2.84. The number of hydrogen-bond acceptors (Lipinski definition) is 3. The molecule has 0 atom stereocenters. The minimum absolute atomic E-state index is 0.304. The van der Waals surface area contributed by atoms with Crippen LogP contribution in [-0.2, 0) is 0 Å². The number of nitrogens with zero attached hydrogens (tertiary/aromatic N) is 3. The van der Waals surface area contributed by atoms with E-state index >= 15 is 0 Å². The minimum Gasteiger partial charge on any atom is -0.330 e. The molecule has 4 nitrogen and oxygen atoms in total. The van der Waals surface area contributed by atoms with E-state index in [9.17, 15) is 0 Å². The Morgan fingerprint density at radius 3 is 2.57 bits per heavy atom. The van der Waals surface area contributed by atoms with E-state index in [0.29, 0.717) is 26.6 Å². The van der Waals surface area contributed by atoms with Gasteiger partial charge in [-0.3, -0.25) is 4.57 Å². The fraction of sp³-hybridized carbons (Fsp3) is 0. The zero-order valence-corrected chi connectivity index (χ0v) is 12.2. The predicted molar refractivity (Wildman–Crippen MR) is 82.9 cm³/mol. The number of para-hydroxylation sites is 1. The summed E-state index contributed by atoms with van der Waals surface area (Å²) in [6.45, 7) is 0. The number of aromatic amines is 1. The van der Waals surface area contributed by atoms with Crippen LogP contribution in [0.5, 0.6) is 0 Å². The van der Waals surface area contributed by atoms with Crippen molar-refractivity contribution in [1.29, 1.82) is 10.5 Å². The van der Waals surface area contributed by atoms with Crippen molar-refractivity contribution in [2.24, 2.45) is 0 Å². The number of hydrogen-bond donors (Lipinski definition) is 1. The third-order valence-electron chi connectivity index (χ3n) is 3.16. The van der Waals surface area contributed by atoms with Gasteiger partial charge < -0.3 is 4.98 Å². The van der Waals surface area contributed by atoms with Crippen molar-refractivity contribution in [3.63, 3.8) is 0 Å². The van der Waals surface area contributed by atoms with Gasteiger partial charge in [0.1, 0.15) is 12.1 Å². The second-order valence-corrected chi connectivity index (χ2v) is 5.15. The van der Waals surface area contributed by atoms with Gasteiger partial charge in [-0.1, -0.05) is 17.7 Å². The number of nitrogens with one attached hydrogen (secondary N) is 1. The van der Waals surface area contributed by atoms with Gasteiger partial charge in [-0.05, 0) is 42.5 Å². The van der Waals surface area contributed by atoms with E-state index in [1.807, 2.05) is 24.3 Å². The lowest BCUT2D eigenvalue weighted by Gasteiger charge is -2.06. The molecule has 0 radical (unpaired) electrons. The van der Waals surface area contributed by atoms with Crippen LogP contribution in [-0.4, -0.2) is 9.55 Å². The average molecular weight is 311 g/mol. The first kappa shape index (κ1) is 13.4. The van der Waals surface area contributed by atoms with Crippen molar-refractivity contribution in [2.45, 2.75) is 0 Å². The fourth-order valence-corrected chi connectivity index (χ4v) is 2.79. The first-order valence-electron chi connectivity index (χ1n) is 5.99. The molecular formula is C15H7ClN4S. The Labute approximate surface area is 130 Å². The third kappa shape index (κ3) is 2.09. The standard InChI is InChI=1S/C15H7ClN4S/c16-12-2-1-3-13-14(12)20(15(21)19-13)11-5-4-9(7-17)10(6-11)8-18/h1-6H,(H,19,21). The summed E-state index contributed by atoms with van der Waals surface area (Å²) in [6.07, 6.45) is 0. The van der Waals surface area contributed by atoms with Crippen LogP contribution in [0.15, 0.2) is 36.4 Å². The third-order valence-corrected chi connectivity index (χ3v) is 3.75. The highest BCUT2D eigenvalue weighted by atomic mass is 35.5. The molecule has 21 heavy (non-hydrogen) atoms. The molecule has 0 saturated carbocycles. The van der Waals surface area contributed by atoms with Crippen LogP contribution < -0.4 is 0 Å². The summed E-state index contributed by atoms with van der Waals surface area (Å²) in [5.74, 6) is 0. The summed E-state index contributed by atoms with van der Waals surface area (Å²) < 4.78 is 2.24. The van der Waals surface area contributed by atoms with E-state index in [1.165, 1.54) is 0 Å². The number of aromatic nitrogens is 2. The molecule has 0 bridgehead atoms. The van der Waals surface area contributed by atoms with E-state index in [1.54, 1.807) is 28.8 Å². The van der Waals surface area contributed by atoms with Gasteiger partial charge in [0.05, 0.1) is 27.2 Å². The van der Waals surface area contributed by atoms with Gasteiger partial charge in [-0.25, -0.2) is 0 Å². The Balaban J connectivity index is 2.37. The summed E-state index contributed by atoms with van der Waals surface area (Å²) in [6, 6.07) is 14.5. The lowest BCUT2D eigenvalue weighted by atomic mass is 10.1. The molecule has 0 fully saturated rings. The summed E-state index contributed by atoms with van der Waals surface area (Å²) in [5, 5.41) is 18.7.